The standard InChI is InChI=1S/C16H19N3/c1-2-19-16(13-9-17-11-18-10-13)15-8-14(15)12-6-4-3-5-7-12/h3-7,9-11,14-16,19H,2,8H2,1H3. The van der Waals surface area contributed by atoms with E-state index in [1.807, 2.05) is 12.4 Å². The molecule has 19 heavy (non-hydrogen) atoms. The van der Waals surface area contributed by atoms with Crippen molar-refractivity contribution >= 4 is 0 Å². The van der Waals surface area contributed by atoms with Gasteiger partial charge in [0.25, 0.3) is 0 Å². The fraction of sp³-hybridized carbons (Fsp3) is 0.375. The lowest BCUT2D eigenvalue weighted by Gasteiger charge is -2.17. The van der Waals surface area contributed by atoms with Gasteiger partial charge in [-0.3, -0.25) is 0 Å². The zero-order valence-electron chi connectivity index (χ0n) is 11.2. The van der Waals surface area contributed by atoms with Crippen molar-refractivity contribution in [3.8, 4) is 0 Å². The third kappa shape index (κ3) is 2.66. The smallest absolute Gasteiger partial charge is 0.115 e. The fourth-order valence-electron chi connectivity index (χ4n) is 2.87. The van der Waals surface area contributed by atoms with E-state index in [1.165, 1.54) is 17.5 Å². The van der Waals surface area contributed by atoms with Crippen molar-refractivity contribution in [3.63, 3.8) is 0 Å². The Morgan fingerprint density at radius 1 is 1.21 bits per heavy atom. The quantitative estimate of drug-likeness (QED) is 0.890. The number of hydrogen-bond donors (Lipinski definition) is 1. The Balaban J connectivity index is 1.77. The van der Waals surface area contributed by atoms with Gasteiger partial charge in [-0.15, -0.1) is 0 Å². The zero-order valence-corrected chi connectivity index (χ0v) is 11.2. The Labute approximate surface area is 114 Å². The first kappa shape index (κ1) is 12.3. The van der Waals surface area contributed by atoms with Crippen molar-refractivity contribution in [1.29, 1.82) is 0 Å². The van der Waals surface area contributed by atoms with E-state index in [1.54, 1.807) is 6.33 Å². The van der Waals surface area contributed by atoms with Gasteiger partial charge in [-0.05, 0) is 30.4 Å². The van der Waals surface area contributed by atoms with Crippen LogP contribution in [0.15, 0.2) is 49.1 Å². The summed E-state index contributed by atoms with van der Waals surface area (Å²) in [5, 5.41) is 3.58. The van der Waals surface area contributed by atoms with Gasteiger partial charge in [-0.25, -0.2) is 9.97 Å². The molecule has 1 heterocycles. The summed E-state index contributed by atoms with van der Waals surface area (Å²) in [5.74, 6) is 1.33. The lowest BCUT2D eigenvalue weighted by molar-refractivity contribution is 0.484. The van der Waals surface area contributed by atoms with Crippen molar-refractivity contribution in [2.24, 2.45) is 5.92 Å². The van der Waals surface area contributed by atoms with Crippen LogP contribution in [-0.4, -0.2) is 16.5 Å². The second-order valence-electron chi connectivity index (χ2n) is 5.12. The average molecular weight is 253 g/mol. The summed E-state index contributed by atoms with van der Waals surface area (Å²) in [6.45, 7) is 3.12. The maximum Gasteiger partial charge on any atom is 0.115 e. The molecule has 3 unspecified atom stereocenters. The molecule has 3 atom stereocenters. The number of aromatic nitrogens is 2. The lowest BCUT2D eigenvalue weighted by Crippen LogP contribution is -2.23. The Kier molecular flexibility index (Phi) is 3.56. The molecular formula is C16H19N3. The number of hydrogen-bond acceptors (Lipinski definition) is 3. The molecule has 0 amide bonds. The Morgan fingerprint density at radius 2 is 1.95 bits per heavy atom. The van der Waals surface area contributed by atoms with E-state index >= 15 is 0 Å². The molecule has 3 nitrogen and oxygen atoms in total. The minimum Gasteiger partial charge on any atom is -0.310 e. The zero-order chi connectivity index (χ0) is 13.1. The molecule has 1 aromatic carbocycles. The highest BCUT2D eigenvalue weighted by molar-refractivity contribution is 5.29. The molecule has 0 saturated heterocycles. The normalized spacial score (nSPS) is 23.0. The number of nitrogens with zero attached hydrogens (tertiary/aromatic N) is 2. The average Bonchev–Trinajstić information content (AvgIpc) is 3.27. The minimum absolute atomic E-state index is 0.372. The molecule has 1 fully saturated rings. The second kappa shape index (κ2) is 5.49. The van der Waals surface area contributed by atoms with E-state index in [9.17, 15) is 0 Å². The summed E-state index contributed by atoms with van der Waals surface area (Å²) < 4.78 is 0. The van der Waals surface area contributed by atoms with Crippen molar-refractivity contribution < 1.29 is 0 Å². The van der Waals surface area contributed by atoms with Gasteiger partial charge in [0.15, 0.2) is 0 Å². The molecule has 3 rings (SSSR count). The van der Waals surface area contributed by atoms with Crippen LogP contribution in [0.1, 0.15) is 36.4 Å². The van der Waals surface area contributed by atoms with Gasteiger partial charge in [0.2, 0.25) is 0 Å². The Hall–Kier alpha value is -1.74. The SMILES string of the molecule is CCNC(c1cncnc1)C1CC1c1ccccc1. The molecule has 0 aliphatic heterocycles. The van der Waals surface area contributed by atoms with E-state index in [0.717, 1.165) is 6.54 Å². The van der Waals surface area contributed by atoms with Crippen LogP contribution in [-0.2, 0) is 0 Å². The molecule has 2 aromatic rings. The summed E-state index contributed by atoms with van der Waals surface area (Å²) in [7, 11) is 0. The number of rotatable bonds is 5. The molecular weight excluding hydrogens is 234 g/mol. The minimum atomic E-state index is 0.372. The number of nitrogens with one attached hydrogen (secondary N) is 1. The van der Waals surface area contributed by atoms with Crippen molar-refractivity contribution in [1.82, 2.24) is 15.3 Å². The van der Waals surface area contributed by atoms with E-state index in [-0.39, 0.29) is 0 Å². The van der Waals surface area contributed by atoms with Gasteiger partial charge in [0.1, 0.15) is 6.33 Å². The fourth-order valence-corrected chi connectivity index (χ4v) is 2.87. The van der Waals surface area contributed by atoms with Crippen LogP contribution in [0.5, 0.6) is 0 Å². The first-order valence-electron chi connectivity index (χ1n) is 6.93. The van der Waals surface area contributed by atoms with E-state index in [0.29, 0.717) is 17.9 Å². The van der Waals surface area contributed by atoms with Crippen LogP contribution >= 0.6 is 0 Å². The summed E-state index contributed by atoms with van der Waals surface area (Å²) in [5.41, 5.74) is 2.65. The lowest BCUT2D eigenvalue weighted by atomic mass is 10.0. The highest BCUT2D eigenvalue weighted by atomic mass is 14.9. The van der Waals surface area contributed by atoms with Crippen LogP contribution in [0.3, 0.4) is 0 Å². The topological polar surface area (TPSA) is 37.8 Å². The van der Waals surface area contributed by atoms with E-state index < -0.39 is 0 Å². The van der Waals surface area contributed by atoms with Gasteiger partial charge in [0, 0.05) is 24.0 Å². The predicted molar refractivity (Wildman–Crippen MR) is 75.7 cm³/mol. The van der Waals surface area contributed by atoms with Gasteiger partial charge in [-0.1, -0.05) is 37.3 Å². The third-order valence-electron chi connectivity index (χ3n) is 3.86. The van der Waals surface area contributed by atoms with Gasteiger partial charge in [0.05, 0.1) is 0 Å². The molecule has 1 aliphatic rings. The molecule has 0 radical (unpaired) electrons. The second-order valence-corrected chi connectivity index (χ2v) is 5.12. The molecule has 0 bridgehead atoms. The molecule has 98 valence electrons. The monoisotopic (exact) mass is 253 g/mol. The van der Waals surface area contributed by atoms with Crippen LogP contribution in [0.4, 0.5) is 0 Å². The van der Waals surface area contributed by atoms with Crippen molar-refractivity contribution in [2.45, 2.75) is 25.3 Å². The van der Waals surface area contributed by atoms with E-state index in [4.69, 9.17) is 0 Å². The maximum atomic E-state index is 4.14. The van der Waals surface area contributed by atoms with Crippen LogP contribution in [0, 0.1) is 5.92 Å². The van der Waals surface area contributed by atoms with Gasteiger partial charge < -0.3 is 5.32 Å². The van der Waals surface area contributed by atoms with Gasteiger partial charge >= 0.3 is 0 Å². The Bertz CT molecular complexity index is 512. The van der Waals surface area contributed by atoms with Crippen molar-refractivity contribution in [3.05, 3.63) is 60.2 Å². The predicted octanol–water partition coefficient (Wildman–Crippen LogP) is 2.93. The van der Waals surface area contributed by atoms with Gasteiger partial charge in [-0.2, -0.15) is 0 Å². The highest BCUT2D eigenvalue weighted by Crippen LogP contribution is 2.53. The third-order valence-corrected chi connectivity index (χ3v) is 3.86. The molecule has 1 N–H and O–H groups in total. The number of benzene rings is 1. The van der Waals surface area contributed by atoms with E-state index in [2.05, 4.69) is 52.5 Å². The summed E-state index contributed by atoms with van der Waals surface area (Å²) in [6.07, 6.45) is 6.70. The first-order valence-corrected chi connectivity index (χ1v) is 6.93. The van der Waals surface area contributed by atoms with Crippen LogP contribution < -0.4 is 5.32 Å². The molecule has 1 aliphatic carbocycles. The molecule has 3 heteroatoms. The maximum absolute atomic E-state index is 4.14. The largest absolute Gasteiger partial charge is 0.310 e. The molecule has 0 spiro atoms. The highest BCUT2D eigenvalue weighted by Gasteiger charge is 2.44. The first-order chi connectivity index (χ1) is 9.40. The summed E-state index contributed by atoms with van der Waals surface area (Å²) in [4.78, 5) is 8.29. The summed E-state index contributed by atoms with van der Waals surface area (Å²) >= 11 is 0. The Morgan fingerprint density at radius 3 is 2.63 bits per heavy atom. The molecule has 1 saturated carbocycles. The summed E-state index contributed by atoms with van der Waals surface area (Å²) in [6, 6.07) is 11.2. The van der Waals surface area contributed by atoms with Crippen molar-refractivity contribution in [2.75, 3.05) is 6.54 Å². The molecule has 1 aromatic heterocycles. The van der Waals surface area contributed by atoms with Crippen LogP contribution in [0.25, 0.3) is 0 Å². The van der Waals surface area contributed by atoms with Crippen LogP contribution in [0.2, 0.25) is 0 Å².